The molecule has 1 aliphatic heterocycles. The van der Waals surface area contributed by atoms with Crippen molar-refractivity contribution in [2.24, 2.45) is 0 Å². The summed E-state index contributed by atoms with van der Waals surface area (Å²) in [7, 11) is 0. The number of aliphatic hydroxyl groups excluding tert-OH is 2. The van der Waals surface area contributed by atoms with Gasteiger partial charge in [0.2, 0.25) is 0 Å². The summed E-state index contributed by atoms with van der Waals surface area (Å²) in [5.74, 6) is -2.93. The van der Waals surface area contributed by atoms with E-state index >= 15 is 0 Å². The number of rotatable bonds is 3. The van der Waals surface area contributed by atoms with Crippen LogP contribution in [-0.2, 0) is 0 Å². The molecule has 0 amide bonds. The van der Waals surface area contributed by atoms with Crippen LogP contribution in [0.4, 0.5) is 8.78 Å². The SMILES string of the molecule is OCCCN1CCC(F)(F)C(O)C1. The molecule has 0 aliphatic carbocycles. The molecule has 1 saturated heterocycles. The first kappa shape index (κ1) is 10.8. The van der Waals surface area contributed by atoms with Crippen molar-refractivity contribution in [2.45, 2.75) is 24.9 Å². The second-order valence-electron chi connectivity index (χ2n) is 3.40. The molecule has 2 N–H and O–H groups in total. The van der Waals surface area contributed by atoms with Gasteiger partial charge in [-0.3, -0.25) is 0 Å². The molecule has 0 aromatic carbocycles. The van der Waals surface area contributed by atoms with Crippen LogP contribution in [0.3, 0.4) is 0 Å². The molecule has 1 fully saturated rings. The summed E-state index contributed by atoms with van der Waals surface area (Å²) < 4.78 is 25.5. The van der Waals surface area contributed by atoms with Crippen molar-refractivity contribution in [3.05, 3.63) is 0 Å². The van der Waals surface area contributed by atoms with E-state index in [0.717, 1.165) is 0 Å². The lowest BCUT2D eigenvalue weighted by molar-refractivity contribution is -0.147. The van der Waals surface area contributed by atoms with Crippen LogP contribution in [0.25, 0.3) is 0 Å². The number of nitrogens with zero attached hydrogens (tertiary/aromatic N) is 1. The number of alkyl halides is 2. The molecule has 1 heterocycles. The van der Waals surface area contributed by atoms with Gasteiger partial charge < -0.3 is 15.1 Å². The summed E-state index contributed by atoms with van der Waals surface area (Å²) in [4.78, 5) is 1.75. The Morgan fingerprint density at radius 1 is 1.46 bits per heavy atom. The van der Waals surface area contributed by atoms with Crippen molar-refractivity contribution >= 4 is 0 Å². The average molecular weight is 195 g/mol. The summed E-state index contributed by atoms with van der Waals surface area (Å²) in [6.07, 6.45) is -1.28. The maximum absolute atomic E-state index is 12.8. The molecular formula is C8H15F2NO2. The van der Waals surface area contributed by atoms with E-state index in [0.29, 0.717) is 19.5 Å². The van der Waals surface area contributed by atoms with E-state index < -0.39 is 12.0 Å². The molecule has 0 aromatic rings. The Kier molecular flexibility index (Phi) is 3.58. The number of halogens is 2. The standard InChI is InChI=1S/C8H15F2NO2/c9-8(10)2-4-11(3-1-5-12)6-7(8)13/h7,12-13H,1-6H2. The van der Waals surface area contributed by atoms with Crippen LogP contribution in [0.1, 0.15) is 12.8 Å². The molecule has 3 nitrogen and oxygen atoms in total. The summed E-state index contributed by atoms with van der Waals surface area (Å²) in [5, 5.41) is 17.6. The van der Waals surface area contributed by atoms with Crippen LogP contribution in [0.5, 0.6) is 0 Å². The van der Waals surface area contributed by atoms with Gasteiger partial charge >= 0.3 is 0 Å². The van der Waals surface area contributed by atoms with Crippen molar-refractivity contribution in [3.63, 3.8) is 0 Å². The average Bonchev–Trinajstić information content (AvgIpc) is 2.07. The maximum Gasteiger partial charge on any atom is 0.275 e. The monoisotopic (exact) mass is 195 g/mol. The smallest absolute Gasteiger partial charge is 0.275 e. The van der Waals surface area contributed by atoms with Gasteiger partial charge in [0.05, 0.1) is 0 Å². The van der Waals surface area contributed by atoms with E-state index in [1.54, 1.807) is 4.90 Å². The molecule has 1 unspecified atom stereocenters. The molecule has 1 aliphatic rings. The van der Waals surface area contributed by atoms with Crippen LogP contribution in [-0.4, -0.2) is 53.4 Å². The highest BCUT2D eigenvalue weighted by Crippen LogP contribution is 2.28. The first-order chi connectivity index (χ1) is 6.06. The van der Waals surface area contributed by atoms with E-state index in [4.69, 9.17) is 10.2 Å². The van der Waals surface area contributed by atoms with Crippen LogP contribution < -0.4 is 0 Å². The molecule has 1 atom stereocenters. The van der Waals surface area contributed by atoms with Crippen LogP contribution in [0.15, 0.2) is 0 Å². The quantitative estimate of drug-likeness (QED) is 0.669. The first-order valence-electron chi connectivity index (χ1n) is 4.45. The Morgan fingerprint density at radius 2 is 2.15 bits per heavy atom. The molecule has 0 radical (unpaired) electrons. The normalized spacial score (nSPS) is 29.1. The highest BCUT2D eigenvalue weighted by atomic mass is 19.3. The predicted octanol–water partition coefficient (Wildman–Crippen LogP) is 0.0707. The van der Waals surface area contributed by atoms with Gasteiger partial charge in [0.1, 0.15) is 6.10 Å². The number of β-amino-alcohol motifs (C(OH)–C–C–N with tert-alkyl or cyclic N) is 1. The Labute approximate surface area is 76.0 Å². The van der Waals surface area contributed by atoms with Gasteiger partial charge in [-0.1, -0.05) is 0 Å². The molecule has 13 heavy (non-hydrogen) atoms. The maximum atomic E-state index is 12.8. The molecular weight excluding hydrogens is 180 g/mol. The minimum Gasteiger partial charge on any atom is -0.396 e. The van der Waals surface area contributed by atoms with E-state index in [9.17, 15) is 8.78 Å². The van der Waals surface area contributed by atoms with Crippen LogP contribution in [0.2, 0.25) is 0 Å². The number of piperidine rings is 1. The highest BCUT2D eigenvalue weighted by Gasteiger charge is 2.42. The van der Waals surface area contributed by atoms with Gasteiger partial charge in [-0.2, -0.15) is 0 Å². The summed E-state index contributed by atoms with van der Waals surface area (Å²) in [6, 6.07) is 0. The van der Waals surface area contributed by atoms with Gasteiger partial charge in [-0.25, -0.2) is 8.78 Å². The van der Waals surface area contributed by atoms with Crippen molar-refractivity contribution in [1.82, 2.24) is 4.90 Å². The fraction of sp³-hybridized carbons (Fsp3) is 1.00. The largest absolute Gasteiger partial charge is 0.396 e. The van der Waals surface area contributed by atoms with Gasteiger partial charge in [-0.15, -0.1) is 0 Å². The summed E-state index contributed by atoms with van der Waals surface area (Å²) >= 11 is 0. The number of hydrogen-bond donors (Lipinski definition) is 2. The van der Waals surface area contributed by atoms with Crippen LogP contribution in [0, 0.1) is 0 Å². The van der Waals surface area contributed by atoms with Crippen molar-refractivity contribution in [2.75, 3.05) is 26.2 Å². The molecule has 0 spiro atoms. The Hall–Kier alpha value is -0.260. The molecule has 0 bridgehead atoms. The van der Waals surface area contributed by atoms with E-state index in [1.165, 1.54) is 0 Å². The minimum atomic E-state index is -2.93. The Morgan fingerprint density at radius 3 is 2.69 bits per heavy atom. The predicted molar refractivity (Wildman–Crippen MR) is 43.7 cm³/mol. The molecule has 0 aromatic heterocycles. The zero-order valence-electron chi connectivity index (χ0n) is 7.42. The minimum absolute atomic E-state index is 0.00694. The van der Waals surface area contributed by atoms with Crippen molar-refractivity contribution in [3.8, 4) is 0 Å². The van der Waals surface area contributed by atoms with Crippen molar-refractivity contribution < 1.29 is 19.0 Å². The van der Waals surface area contributed by atoms with Gasteiger partial charge in [-0.05, 0) is 6.42 Å². The third kappa shape index (κ3) is 2.86. The number of aliphatic hydroxyl groups is 2. The van der Waals surface area contributed by atoms with E-state index in [-0.39, 0.29) is 19.6 Å². The number of hydrogen-bond acceptors (Lipinski definition) is 3. The fourth-order valence-electron chi connectivity index (χ4n) is 1.44. The molecule has 5 heteroatoms. The van der Waals surface area contributed by atoms with Crippen LogP contribution >= 0.6 is 0 Å². The Balaban J connectivity index is 2.33. The Bertz CT molecular complexity index is 166. The third-order valence-corrected chi connectivity index (χ3v) is 2.31. The highest BCUT2D eigenvalue weighted by molar-refractivity contribution is 4.85. The molecule has 1 rings (SSSR count). The second kappa shape index (κ2) is 4.30. The second-order valence-corrected chi connectivity index (χ2v) is 3.40. The lowest BCUT2D eigenvalue weighted by Crippen LogP contribution is -2.50. The first-order valence-corrected chi connectivity index (χ1v) is 4.45. The topological polar surface area (TPSA) is 43.7 Å². The fourth-order valence-corrected chi connectivity index (χ4v) is 1.44. The summed E-state index contributed by atoms with van der Waals surface area (Å²) in [6.45, 7) is 0.934. The van der Waals surface area contributed by atoms with Gasteiger partial charge in [0.25, 0.3) is 5.92 Å². The van der Waals surface area contributed by atoms with Gasteiger partial charge in [0.15, 0.2) is 0 Å². The lowest BCUT2D eigenvalue weighted by atomic mass is 10.0. The third-order valence-electron chi connectivity index (χ3n) is 2.31. The zero-order chi connectivity index (χ0) is 9.90. The zero-order valence-corrected chi connectivity index (χ0v) is 7.42. The van der Waals surface area contributed by atoms with Gasteiger partial charge in [0, 0.05) is 32.7 Å². The molecule has 0 saturated carbocycles. The number of likely N-dealkylation sites (tertiary alicyclic amines) is 1. The lowest BCUT2D eigenvalue weighted by Gasteiger charge is -2.35. The van der Waals surface area contributed by atoms with E-state index in [2.05, 4.69) is 0 Å². The molecule has 78 valence electrons. The van der Waals surface area contributed by atoms with E-state index in [1.807, 2.05) is 0 Å². The summed E-state index contributed by atoms with van der Waals surface area (Å²) in [5.41, 5.74) is 0. The van der Waals surface area contributed by atoms with Crippen molar-refractivity contribution in [1.29, 1.82) is 0 Å².